The number of anilines is 1. The van der Waals surface area contributed by atoms with Gasteiger partial charge in [-0.2, -0.15) is 0 Å². The van der Waals surface area contributed by atoms with E-state index in [2.05, 4.69) is 5.32 Å². The van der Waals surface area contributed by atoms with E-state index >= 15 is 0 Å². The number of para-hydroxylation sites is 1. The van der Waals surface area contributed by atoms with E-state index < -0.39 is 5.97 Å². The Bertz CT molecular complexity index is 570. The number of rotatable bonds is 6. The molecular weight excluding hydrogens is 252 g/mol. The summed E-state index contributed by atoms with van der Waals surface area (Å²) in [5.41, 5.74) is 8.76. The Morgan fingerprint density at radius 1 is 1.10 bits per heavy atom. The fraction of sp³-hybridized carbons (Fsp3) is 0.188. The second kappa shape index (κ2) is 6.73. The Labute approximate surface area is 118 Å². The third kappa shape index (κ3) is 3.59. The van der Waals surface area contributed by atoms with Crippen LogP contribution >= 0.6 is 0 Å². The molecule has 0 fully saturated rings. The van der Waals surface area contributed by atoms with Crippen molar-refractivity contribution in [3.63, 3.8) is 0 Å². The molecule has 0 radical (unpaired) electrons. The zero-order valence-electron chi connectivity index (χ0n) is 11.1. The van der Waals surface area contributed by atoms with Gasteiger partial charge in [0.15, 0.2) is 0 Å². The lowest BCUT2D eigenvalue weighted by Gasteiger charge is -2.21. The highest BCUT2D eigenvalue weighted by molar-refractivity contribution is 5.66. The number of nitrogens with one attached hydrogen (secondary N) is 1. The van der Waals surface area contributed by atoms with Crippen LogP contribution in [0, 0.1) is 0 Å². The molecule has 0 heterocycles. The van der Waals surface area contributed by atoms with Crippen LogP contribution in [-0.2, 0) is 4.79 Å². The third-order valence-corrected chi connectivity index (χ3v) is 3.13. The minimum atomic E-state index is -0.814. The number of aliphatic carboxylic acids is 1. The number of benzene rings is 2. The first-order valence-corrected chi connectivity index (χ1v) is 6.53. The van der Waals surface area contributed by atoms with Crippen LogP contribution < -0.4 is 11.1 Å². The van der Waals surface area contributed by atoms with Gasteiger partial charge in [-0.1, -0.05) is 48.5 Å². The van der Waals surface area contributed by atoms with E-state index in [4.69, 9.17) is 10.8 Å². The van der Waals surface area contributed by atoms with Crippen LogP contribution in [0.1, 0.15) is 23.6 Å². The van der Waals surface area contributed by atoms with Gasteiger partial charge in [-0.3, -0.25) is 4.79 Å². The summed E-state index contributed by atoms with van der Waals surface area (Å²) < 4.78 is 0. The number of hydrogen-bond acceptors (Lipinski definition) is 3. The van der Waals surface area contributed by atoms with Crippen molar-refractivity contribution in [1.29, 1.82) is 0 Å². The van der Waals surface area contributed by atoms with Gasteiger partial charge in [-0.15, -0.1) is 0 Å². The summed E-state index contributed by atoms with van der Waals surface area (Å²) in [4.78, 5) is 10.7. The molecule has 1 atom stereocenters. The summed E-state index contributed by atoms with van der Waals surface area (Å²) in [6.45, 7) is 0.392. The Balaban J connectivity index is 2.25. The monoisotopic (exact) mass is 270 g/mol. The Hall–Kier alpha value is -2.33. The highest BCUT2D eigenvalue weighted by atomic mass is 16.4. The molecule has 0 aliphatic heterocycles. The molecule has 4 N–H and O–H groups in total. The molecule has 2 aromatic rings. The maximum absolute atomic E-state index is 10.7. The van der Waals surface area contributed by atoms with Crippen LogP contribution in [0.2, 0.25) is 0 Å². The predicted octanol–water partition coefficient (Wildman–Crippen LogP) is 2.42. The van der Waals surface area contributed by atoms with Gasteiger partial charge >= 0.3 is 5.97 Å². The Morgan fingerprint density at radius 2 is 1.75 bits per heavy atom. The second-order valence-electron chi connectivity index (χ2n) is 4.57. The van der Waals surface area contributed by atoms with Gasteiger partial charge in [0.2, 0.25) is 0 Å². The molecule has 0 aromatic heterocycles. The molecule has 0 spiro atoms. The quantitative estimate of drug-likeness (QED) is 0.705. The SMILES string of the molecule is Nc1ccccc1C(NCCC(=O)O)c1ccccc1. The van der Waals surface area contributed by atoms with Gasteiger partial charge in [0.1, 0.15) is 0 Å². The largest absolute Gasteiger partial charge is 0.481 e. The van der Waals surface area contributed by atoms with E-state index in [1.54, 1.807) is 0 Å². The lowest BCUT2D eigenvalue weighted by Crippen LogP contribution is -2.25. The lowest BCUT2D eigenvalue weighted by molar-refractivity contribution is -0.136. The maximum Gasteiger partial charge on any atom is 0.304 e. The number of carboxylic acids is 1. The average molecular weight is 270 g/mol. The van der Waals surface area contributed by atoms with E-state index in [0.717, 1.165) is 11.1 Å². The van der Waals surface area contributed by atoms with Gasteiger partial charge < -0.3 is 16.2 Å². The summed E-state index contributed by atoms with van der Waals surface area (Å²) >= 11 is 0. The molecular formula is C16H18N2O2. The van der Waals surface area contributed by atoms with Crippen molar-refractivity contribution in [2.45, 2.75) is 12.5 Å². The first-order chi connectivity index (χ1) is 9.68. The van der Waals surface area contributed by atoms with E-state index in [1.807, 2.05) is 54.6 Å². The van der Waals surface area contributed by atoms with Gasteiger partial charge in [0.25, 0.3) is 0 Å². The first-order valence-electron chi connectivity index (χ1n) is 6.53. The fourth-order valence-corrected chi connectivity index (χ4v) is 2.15. The van der Waals surface area contributed by atoms with Crippen molar-refractivity contribution in [2.24, 2.45) is 0 Å². The van der Waals surface area contributed by atoms with Crippen molar-refractivity contribution < 1.29 is 9.90 Å². The van der Waals surface area contributed by atoms with Gasteiger partial charge in [-0.25, -0.2) is 0 Å². The maximum atomic E-state index is 10.7. The number of carbonyl (C=O) groups is 1. The Kier molecular flexibility index (Phi) is 4.74. The van der Waals surface area contributed by atoms with Crippen molar-refractivity contribution >= 4 is 11.7 Å². The fourth-order valence-electron chi connectivity index (χ4n) is 2.15. The Morgan fingerprint density at radius 3 is 2.40 bits per heavy atom. The number of carboxylic acid groups (broad SMARTS) is 1. The van der Waals surface area contributed by atoms with Crippen LogP contribution in [0.4, 0.5) is 5.69 Å². The number of nitrogens with two attached hydrogens (primary N) is 1. The van der Waals surface area contributed by atoms with Gasteiger partial charge in [0.05, 0.1) is 12.5 Å². The van der Waals surface area contributed by atoms with E-state index in [1.165, 1.54) is 0 Å². The molecule has 0 bridgehead atoms. The molecule has 1 unspecified atom stereocenters. The zero-order chi connectivity index (χ0) is 14.4. The predicted molar refractivity (Wildman–Crippen MR) is 79.4 cm³/mol. The molecule has 4 nitrogen and oxygen atoms in total. The summed E-state index contributed by atoms with van der Waals surface area (Å²) in [6, 6.07) is 17.4. The number of nitrogen functional groups attached to an aromatic ring is 1. The van der Waals surface area contributed by atoms with Gasteiger partial charge in [0, 0.05) is 12.2 Å². The van der Waals surface area contributed by atoms with Crippen molar-refractivity contribution in [1.82, 2.24) is 5.32 Å². The first kappa shape index (κ1) is 14.1. The zero-order valence-corrected chi connectivity index (χ0v) is 11.1. The van der Waals surface area contributed by atoms with Crippen molar-refractivity contribution in [3.05, 3.63) is 65.7 Å². The molecule has 2 aromatic carbocycles. The summed E-state index contributed by atoms with van der Waals surface area (Å²) in [6.07, 6.45) is 0.0794. The summed E-state index contributed by atoms with van der Waals surface area (Å²) in [5.74, 6) is -0.814. The highest BCUT2D eigenvalue weighted by Gasteiger charge is 2.15. The van der Waals surface area contributed by atoms with E-state index in [9.17, 15) is 4.79 Å². The standard InChI is InChI=1S/C16H18N2O2/c17-14-9-5-4-8-13(14)16(18-11-10-15(19)20)12-6-2-1-3-7-12/h1-9,16,18H,10-11,17H2,(H,19,20). The molecule has 2 rings (SSSR count). The van der Waals surface area contributed by atoms with Gasteiger partial charge in [-0.05, 0) is 17.2 Å². The van der Waals surface area contributed by atoms with Crippen LogP contribution in [0.25, 0.3) is 0 Å². The molecule has 0 amide bonds. The van der Waals surface area contributed by atoms with Crippen molar-refractivity contribution in [2.75, 3.05) is 12.3 Å². The molecule has 0 saturated carbocycles. The smallest absolute Gasteiger partial charge is 0.304 e. The minimum Gasteiger partial charge on any atom is -0.481 e. The molecule has 0 aliphatic carbocycles. The van der Waals surface area contributed by atoms with Crippen LogP contribution in [0.15, 0.2) is 54.6 Å². The minimum absolute atomic E-state index is 0.0794. The summed E-state index contributed by atoms with van der Waals surface area (Å²) in [5, 5.41) is 12.0. The average Bonchev–Trinajstić information content (AvgIpc) is 2.45. The van der Waals surface area contributed by atoms with Crippen LogP contribution in [0.3, 0.4) is 0 Å². The molecule has 0 saturated heterocycles. The molecule has 104 valence electrons. The lowest BCUT2D eigenvalue weighted by atomic mass is 9.97. The van der Waals surface area contributed by atoms with E-state index in [-0.39, 0.29) is 12.5 Å². The van der Waals surface area contributed by atoms with E-state index in [0.29, 0.717) is 12.2 Å². The van der Waals surface area contributed by atoms with Crippen molar-refractivity contribution in [3.8, 4) is 0 Å². The topological polar surface area (TPSA) is 75.3 Å². The summed E-state index contributed by atoms with van der Waals surface area (Å²) in [7, 11) is 0. The normalized spacial score (nSPS) is 12.0. The molecule has 4 heteroatoms. The van der Waals surface area contributed by atoms with Crippen LogP contribution in [-0.4, -0.2) is 17.6 Å². The van der Waals surface area contributed by atoms with Crippen LogP contribution in [0.5, 0.6) is 0 Å². The second-order valence-corrected chi connectivity index (χ2v) is 4.57. The highest BCUT2D eigenvalue weighted by Crippen LogP contribution is 2.26. The third-order valence-electron chi connectivity index (χ3n) is 3.13. The number of hydrogen-bond donors (Lipinski definition) is 3. The molecule has 20 heavy (non-hydrogen) atoms. The molecule has 0 aliphatic rings.